The maximum atomic E-state index is 10.7. The van der Waals surface area contributed by atoms with Crippen molar-refractivity contribution in [3.8, 4) is 0 Å². The minimum atomic E-state index is -1.09. The highest BCUT2D eigenvalue weighted by atomic mass is 35.5. The van der Waals surface area contributed by atoms with E-state index in [0.29, 0.717) is 11.6 Å². The third-order valence-electron chi connectivity index (χ3n) is 3.38. The minimum absolute atomic E-state index is 0.214. The van der Waals surface area contributed by atoms with E-state index in [1.807, 2.05) is 10.6 Å². The van der Waals surface area contributed by atoms with Gasteiger partial charge in [-0.1, -0.05) is 0 Å². The second-order valence-electron chi connectivity index (χ2n) is 4.69. The van der Waals surface area contributed by atoms with Gasteiger partial charge in [0.1, 0.15) is 5.82 Å². The van der Waals surface area contributed by atoms with Gasteiger partial charge in [-0.25, -0.2) is 9.78 Å². The molecule has 1 aromatic carbocycles. The van der Waals surface area contributed by atoms with Crippen LogP contribution in [0.4, 0.5) is 10.5 Å². The summed E-state index contributed by atoms with van der Waals surface area (Å²) < 4.78 is 7.49. The summed E-state index contributed by atoms with van der Waals surface area (Å²) in [6.45, 7) is 1.53. The first kappa shape index (κ1) is 13.2. The SMILES string of the molecule is O=C(O)Nc1ccc2c(c1)nc(CCl)n2CC1CCO1. The zero-order chi connectivity index (χ0) is 14.1. The molecule has 0 radical (unpaired) electrons. The number of halogens is 1. The van der Waals surface area contributed by atoms with Crippen LogP contribution in [-0.4, -0.2) is 33.5 Å². The third-order valence-corrected chi connectivity index (χ3v) is 3.62. The molecule has 3 rings (SSSR count). The van der Waals surface area contributed by atoms with Crippen LogP contribution in [0.5, 0.6) is 0 Å². The smallest absolute Gasteiger partial charge is 0.409 e. The van der Waals surface area contributed by atoms with Gasteiger partial charge in [0.25, 0.3) is 0 Å². The fraction of sp³-hybridized carbons (Fsp3) is 0.385. The van der Waals surface area contributed by atoms with Gasteiger partial charge in [-0.15, -0.1) is 11.6 Å². The monoisotopic (exact) mass is 295 g/mol. The minimum Gasteiger partial charge on any atom is -0.465 e. The maximum absolute atomic E-state index is 10.7. The molecule has 1 unspecified atom stereocenters. The molecule has 0 aliphatic carbocycles. The Bertz CT molecular complexity index is 652. The van der Waals surface area contributed by atoms with Gasteiger partial charge in [-0.2, -0.15) is 0 Å². The van der Waals surface area contributed by atoms with Gasteiger partial charge < -0.3 is 14.4 Å². The first-order valence-corrected chi connectivity index (χ1v) is 6.87. The highest BCUT2D eigenvalue weighted by Gasteiger charge is 2.21. The molecule has 1 saturated heterocycles. The van der Waals surface area contributed by atoms with Crippen molar-refractivity contribution in [1.29, 1.82) is 0 Å². The fourth-order valence-electron chi connectivity index (χ4n) is 2.32. The summed E-state index contributed by atoms with van der Waals surface area (Å²) >= 11 is 5.94. The van der Waals surface area contributed by atoms with Crippen molar-refractivity contribution in [3.63, 3.8) is 0 Å². The number of aromatic nitrogens is 2. The highest BCUT2D eigenvalue weighted by molar-refractivity contribution is 6.16. The van der Waals surface area contributed by atoms with Crippen LogP contribution in [0.25, 0.3) is 11.0 Å². The van der Waals surface area contributed by atoms with Crippen LogP contribution in [0.15, 0.2) is 18.2 Å². The van der Waals surface area contributed by atoms with Gasteiger partial charge in [0.15, 0.2) is 0 Å². The van der Waals surface area contributed by atoms with Crippen molar-refractivity contribution >= 4 is 34.4 Å². The molecule has 1 amide bonds. The van der Waals surface area contributed by atoms with Crippen LogP contribution in [0.3, 0.4) is 0 Å². The Morgan fingerprint density at radius 2 is 2.40 bits per heavy atom. The normalized spacial score (nSPS) is 17.9. The van der Waals surface area contributed by atoms with Crippen molar-refractivity contribution in [3.05, 3.63) is 24.0 Å². The first-order chi connectivity index (χ1) is 9.67. The molecule has 0 saturated carbocycles. The van der Waals surface area contributed by atoms with Crippen molar-refractivity contribution in [2.45, 2.75) is 24.9 Å². The number of amides is 1. The van der Waals surface area contributed by atoms with Crippen molar-refractivity contribution in [2.75, 3.05) is 11.9 Å². The van der Waals surface area contributed by atoms with Crippen LogP contribution in [-0.2, 0) is 17.2 Å². The van der Waals surface area contributed by atoms with Crippen molar-refractivity contribution in [2.24, 2.45) is 0 Å². The zero-order valence-electron chi connectivity index (χ0n) is 10.7. The molecule has 1 aliphatic heterocycles. The molecule has 20 heavy (non-hydrogen) atoms. The van der Waals surface area contributed by atoms with E-state index in [2.05, 4.69) is 10.3 Å². The number of benzene rings is 1. The second kappa shape index (κ2) is 5.30. The average molecular weight is 296 g/mol. The van der Waals surface area contributed by atoms with E-state index >= 15 is 0 Å². The molecule has 1 fully saturated rings. The van der Waals surface area contributed by atoms with E-state index in [9.17, 15) is 4.79 Å². The number of imidazole rings is 1. The van der Waals surface area contributed by atoms with Crippen LogP contribution < -0.4 is 5.32 Å². The van der Waals surface area contributed by atoms with Gasteiger partial charge >= 0.3 is 6.09 Å². The van der Waals surface area contributed by atoms with Gasteiger partial charge in [0, 0.05) is 12.3 Å². The number of carboxylic acid groups (broad SMARTS) is 1. The topological polar surface area (TPSA) is 76.4 Å². The van der Waals surface area contributed by atoms with Crippen LogP contribution in [0.2, 0.25) is 0 Å². The number of alkyl halides is 1. The van der Waals surface area contributed by atoms with Crippen LogP contribution in [0, 0.1) is 0 Å². The molecule has 0 bridgehead atoms. The number of hydrogen-bond acceptors (Lipinski definition) is 3. The Morgan fingerprint density at radius 3 is 3.00 bits per heavy atom. The second-order valence-corrected chi connectivity index (χ2v) is 4.95. The molecule has 1 atom stereocenters. The van der Waals surface area contributed by atoms with Gasteiger partial charge in [-0.05, 0) is 24.6 Å². The molecular formula is C13H14ClN3O3. The number of carbonyl (C=O) groups is 1. The molecule has 2 aromatic rings. The van der Waals surface area contributed by atoms with E-state index in [0.717, 1.165) is 36.4 Å². The van der Waals surface area contributed by atoms with Gasteiger partial charge in [0.2, 0.25) is 0 Å². The summed E-state index contributed by atoms with van der Waals surface area (Å²) in [7, 11) is 0. The number of hydrogen-bond donors (Lipinski definition) is 2. The number of nitrogens with one attached hydrogen (secondary N) is 1. The van der Waals surface area contributed by atoms with E-state index < -0.39 is 6.09 Å². The predicted octanol–water partition coefficient (Wildman–Crippen LogP) is 2.65. The molecular weight excluding hydrogens is 282 g/mol. The lowest BCUT2D eigenvalue weighted by atomic mass is 10.2. The lowest BCUT2D eigenvalue weighted by Gasteiger charge is -2.27. The molecule has 2 heterocycles. The quantitative estimate of drug-likeness (QED) is 0.850. The van der Waals surface area contributed by atoms with Crippen molar-refractivity contribution in [1.82, 2.24) is 9.55 Å². The van der Waals surface area contributed by atoms with Crippen LogP contribution >= 0.6 is 11.6 Å². The lowest BCUT2D eigenvalue weighted by Crippen LogP contribution is -2.31. The maximum Gasteiger partial charge on any atom is 0.409 e. The highest BCUT2D eigenvalue weighted by Crippen LogP contribution is 2.24. The largest absolute Gasteiger partial charge is 0.465 e. The molecule has 1 aromatic heterocycles. The number of nitrogens with zero attached hydrogens (tertiary/aromatic N) is 2. The van der Waals surface area contributed by atoms with Crippen LogP contribution in [0.1, 0.15) is 12.2 Å². The molecule has 2 N–H and O–H groups in total. The van der Waals surface area contributed by atoms with E-state index in [-0.39, 0.29) is 6.10 Å². The number of rotatable bonds is 4. The fourth-order valence-corrected chi connectivity index (χ4v) is 2.52. The van der Waals surface area contributed by atoms with Crippen molar-refractivity contribution < 1.29 is 14.6 Å². The molecule has 106 valence electrons. The Morgan fingerprint density at radius 1 is 1.60 bits per heavy atom. The summed E-state index contributed by atoms with van der Waals surface area (Å²) in [5, 5.41) is 11.0. The van der Waals surface area contributed by atoms with Gasteiger partial charge in [0.05, 0.1) is 29.6 Å². The zero-order valence-corrected chi connectivity index (χ0v) is 11.4. The summed E-state index contributed by atoms with van der Waals surface area (Å²) in [6.07, 6.45) is 0.162. The standard InChI is InChI=1S/C13H14ClN3O3/c14-6-12-16-10-5-8(15-13(18)19)1-2-11(10)17(12)7-9-3-4-20-9/h1-2,5,9,15H,3-4,6-7H2,(H,18,19). The van der Waals surface area contributed by atoms with E-state index in [1.54, 1.807) is 12.1 Å². The molecule has 6 nitrogen and oxygen atoms in total. The summed E-state index contributed by atoms with van der Waals surface area (Å²) in [5.74, 6) is 1.08. The third kappa shape index (κ3) is 2.44. The first-order valence-electron chi connectivity index (χ1n) is 6.34. The predicted molar refractivity (Wildman–Crippen MR) is 75.3 cm³/mol. The number of ether oxygens (including phenoxy) is 1. The summed E-state index contributed by atoms with van der Waals surface area (Å²) in [4.78, 5) is 15.1. The van der Waals surface area contributed by atoms with Gasteiger partial charge in [-0.3, -0.25) is 5.32 Å². The summed E-state index contributed by atoms with van der Waals surface area (Å²) in [6, 6.07) is 5.27. The lowest BCUT2D eigenvalue weighted by molar-refractivity contribution is -0.0589. The Labute approximate surface area is 120 Å². The summed E-state index contributed by atoms with van der Waals surface area (Å²) in [5.41, 5.74) is 2.16. The molecule has 7 heteroatoms. The Balaban J connectivity index is 1.97. The molecule has 0 spiro atoms. The Hall–Kier alpha value is -1.79. The number of anilines is 1. The van der Waals surface area contributed by atoms with E-state index in [1.165, 1.54) is 0 Å². The average Bonchev–Trinajstić information content (AvgIpc) is 2.70. The number of fused-ring (bicyclic) bond motifs is 1. The van der Waals surface area contributed by atoms with E-state index in [4.69, 9.17) is 21.4 Å². The Kier molecular flexibility index (Phi) is 3.50. The molecule has 1 aliphatic rings.